The number of pyridine rings is 1. The maximum Gasteiger partial charge on any atom is 0.211 e. The number of nitrogens with zero attached hydrogens (tertiary/aromatic N) is 5. The second kappa shape index (κ2) is 7.31. The van der Waals surface area contributed by atoms with Gasteiger partial charge >= 0.3 is 0 Å². The molecule has 0 saturated carbocycles. The lowest BCUT2D eigenvalue weighted by Gasteiger charge is -2.30. The molecule has 4 heterocycles. The Morgan fingerprint density at radius 1 is 1.16 bits per heavy atom. The number of fused-ring (bicyclic) bond motifs is 2. The molecule has 0 atom stereocenters. The van der Waals surface area contributed by atoms with Crippen molar-refractivity contribution in [1.29, 1.82) is 0 Å². The van der Waals surface area contributed by atoms with E-state index < -0.39 is 10.0 Å². The number of hydrogen-bond donors (Lipinski definition) is 1. The Morgan fingerprint density at radius 3 is 2.65 bits per heavy atom. The highest BCUT2D eigenvalue weighted by molar-refractivity contribution is 7.88. The van der Waals surface area contributed by atoms with Crippen LogP contribution in [-0.2, 0) is 10.0 Å². The number of hydrogen-bond acceptors (Lipinski definition) is 6. The van der Waals surface area contributed by atoms with Crippen LogP contribution in [-0.4, -0.2) is 59.5 Å². The smallest absolute Gasteiger partial charge is 0.211 e. The number of nitrogen functional groups attached to an aromatic ring is 1. The molecule has 1 aliphatic rings. The number of piperidine rings is 1. The van der Waals surface area contributed by atoms with Crippen molar-refractivity contribution in [2.45, 2.75) is 18.8 Å². The van der Waals surface area contributed by atoms with E-state index in [1.54, 1.807) is 10.7 Å². The number of anilines is 1. The molecule has 1 fully saturated rings. The minimum Gasteiger partial charge on any atom is -0.384 e. The monoisotopic (exact) mass is 434 g/mol. The summed E-state index contributed by atoms with van der Waals surface area (Å²) in [6, 6.07) is 10.1. The molecule has 1 aromatic carbocycles. The second-order valence-electron chi connectivity index (χ2n) is 8.15. The van der Waals surface area contributed by atoms with E-state index in [1.807, 2.05) is 38.3 Å². The Kier molecular flexibility index (Phi) is 4.71. The third kappa shape index (κ3) is 3.45. The first-order chi connectivity index (χ1) is 14.8. The summed E-state index contributed by atoms with van der Waals surface area (Å²) in [6.07, 6.45) is 6.31. The van der Waals surface area contributed by atoms with Gasteiger partial charge in [0.25, 0.3) is 0 Å². The topological polar surface area (TPSA) is 106 Å². The summed E-state index contributed by atoms with van der Waals surface area (Å²) in [5, 5.41) is 5.53. The fourth-order valence-corrected chi connectivity index (χ4v) is 5.27. The SMILES string of the molecule is Bc1c(C2CCN(S(C)(=O)=O)CC2)nc2c(-c3cnc4ccccc4c3)cnn2c1N. The molecule has 4 aromatic rings. The summed E-state index contributed by atoms with van der Waals surface area (Å²) >= 11 is 0. The number of sulfonamides is 1. The number of nitrogens with two attached hydrogens (primary N) is 1. The van der Waals surface area contributed by atoms with Gasteiger partial charge in [-0.05, 0) is 30.4 Å². The largest absolute Gasteiger partial charge is 0.384 e. The van der Waals surface area contributed by atoms with Crippen LogP contribution in [0.1, 0.15) is 24.5 Å². The molecule has 10 heteroatoms. The maximum absolute atomic E-state index is 11.9. The maximum atomic E-state index is 11.9. The lowest BCUT2D eigenvalue weighted by Crippen LogP contribution is -2.38. The molecule has 31 heavy (non-hydrogen) atoms. The normalized spacial score (nSPS) is 16.3. The molecule has 5 rings (SSSR count). The first-order valence-electron chi connectivity index (χ1n) is 10.3. The average molecular weight is 434 g/mol. The minimum absolute atomic E-state index is 0.155. The van der Waals surface area contributed by atoms with Gasteiger partial charge in [-0.25, -0.2) is 17.7 Å². The number of rotatable bonds is 3. The minimum atomic E-state index is -3.17. The van der Waals surface area contributed by atoms with Gasteiger partial charge in [-0.2, -0.15) is 9.61 Å². The van der Waals surface area contributed by atoms with Crippen molar-refractivity contribution in [2.75, 3.05) is 25.1 Å². The molecule has 158 valence electrons. The van der Waals surface area contributed by atoms with Gasteiger partial charge in [-0.15, -0.1) is 0 Å². The Morgan fingerprint density at radius 2 is 1.90 bits per heavy atom. The van der Waals surface area contributed by atoms with Crippen molar-refractivity contribution >= 4 is 45.7 Å². The van der Waals surface area contributed by atoms with Crippen LogP contribution in [0.2, 0.25) is 0 Å². The van der Waals surface area contributed by atoms with Crippen LogP contribution >= 0.6 is 0 Å². The van der Waals surface area contributed by atoms with Crippen LogP contribution in [0.5, 0.6) is 0 Å². The summed E-state index contributed by atoms with van der Waals surface area (Å²) in [7, 11) is -1.21. The molecule has 0 aliphatic carbocycles. The number of benzene rings is 1. The van der Waals surface area contributed by atoms with E-state index in [0.717, 1.165) is 46.0 Å². The van der Waals surface area contributed by atoms with Crippen molar-refractivity contribution in [3.8, 4) is 11.1 Å². The molecule has 1 aliphatic heterocycles. The van der Waals surface area contributed by atoms with Crippen LogP contribution in [0.25, 0.3) is 27.7 Å². The zero-order valence-electron chi connectivity index (χ0n) is 17.5. The zero-order chi connectivity index (χ0) is 21.8. The molecular weight excluding hydrogens is 411 g/mol. The van der Waals surface area contributed by atoms with Gasteiger partial charge in [0.1, 0.15) is 13.7 Å². The standard InChI is InChI=1S/C21H23BN6O2S/c1-31(29,30)27-8-6-13(7-9-27)19-18(22)20(23)28-21(26-19)16(12-25-28)15-10-14-4-2-3-5-17(14)24-11-15/h2-5,10-13H,6-9,22-23H2,1H3. The first kappa shape index (κ1) is 20.0. The summed E-state index contributed by atoms with van der Waals surface area (Å²) in [6.45, 7) is 0.993. The van der Waals surface area contributed by atoms with Crippen molar-refractivity contribution in [2.24, 2.45) is 0 Å². The molecule has 2 N–H and O–H groups in total. The summed E-state index contributed by atoms with van der Waals surface area (Å²) < 4.78 is 26.9. The van der Waals surface area contributed by atoms with E-state index in [1.165, 1.54) is 10.6 Å². The van der Waals surface area contributed by atoms with Crippen molar-refractivity contribution in [1.82, 2.24) is 23.9 Å². The Labute approximate surface area is 181 Å². The highest BCUT2D eigenvalue weighted by Crippen LogP contribution is 2.31. The summed E-state index contributed by atoms with van der Waals surface area (Å²) in [4.78, 5) is 9.56. The summed E-state index contributed by atoms with van der Waals surface area (Å²) in [5.74, 6) is 0.716. The highest BCUT2D eigenvalue weighted by atomic mass is 32.2. The molecule has 0 amide bonds. The van der Waals surface area contributed by atoms with E-state index in [9.17, 15) is 8.42 Å². The molecule has 1 saturated heterocycles. The van der Waals surface area contributed by atoms with Gasteiger partial charge in [0.05, 0.1) is 18.0 Å². The molecular formula is C21H23BN6O2S. The van der Waals surface area contributed by atoms with Gasteiger partial charge in [0.15, 0.2) is 5.65 Å². The zero-order valence-corrected chi connectivity index (χ0v) is 18.3. The Balaban J connectivity index is 1.57. The van der Waals surface area contributed by atoms with Crippen molar-refractivity contribution in [3.05, 3.63) is 48.4 Å². The number of aromatic nitrogens is 4. The van der Waals surface area contributed by atoms with Gasteiger partial charge in [0, 0.05) is 47.4 Å². The molecule has 8 nitrogen and oxygen atoms in total. The average Bonchev–Trinajstić information content (AvgIpc) is 3.19. The third-order valence-electron chi connectivity index (χ3n) is 6.18. The second-order valence-corrected chi connectivity index (χ2v) is 10.1. The number of para-hydroxylation sites is 1. The van der Waals surface area contributed by atoms with Crippen LogP contribution in [0.3, 0.4) is 0 Å². The van der Waals surface area contributed by atoms with E-state index >= 15 is 0 Å². The van der Waals surface area contributed by atoms with Gasteiger partial charge in [-0.3, -0.25) is 4.98 Å². The molecule has 0 radical (unpaired) electrons. The Bertz CT molecular complexity index is 1410. The van der Waals surface area contributed by atoms with Crippen LogP contribution in [0.15, 0.2) is 42.7 Å². The van der Waals surface area contributed by atoms with Gasteiger partial charge in [0.2, 0.25) is 10.0 Å². The predicted molar refractivity (Wildman–Crippen MR) is 125 cm³/mol. The van der Waals surface area contributed by atoms with Gasteiger partial charge < -0.3 is 5.73 Å². The Hall–Kier alpha value is -2.98. The fourth-order valence-electron chi connectivity index (χ4n) is 4.39. The van der Waals surface area contributed by atoms with Crippen LogP contribution in [0.4, 0.5) is 5.82 Å². The van der Waals surface area contributed by atoms with E-state index in [2.05, 4.69) is 16.1 Å². The third-order valence-corrected chi connectivity index (χ3v) is 7.48. The summed E-state index contributed by atoms with van der Waals surface area (Å²) in [5.41, 5.74) is 11.7. The molecule has 0 bridgehead atoms. The van der Waals surface area contributed by atoms with Gasteiger partial charge in [-0.1, -0.05) is 18.2 Å². The lowest BCUT2D eigenvalue weighted by molar-refractivity contribution is 0.319. The fraction of sp³-hybridized carbons (Fsp3) is 0.286. The van der Waals surface area contributed by atoms with E-state index in [0.29, 0.717) is 24.6 Å². The lowest BCUT2D eigenvalue weighted by atomic mass is 9.84. The molecule has 0 spiro atoms. The van der Waals surface area contributed by atoms with Crippen molar-refractivity contribution < 1.29 is 8.42 Å². The van der Waals surface area contributed by atoms with Crippen LogP contribution < -0.4 is 11.2 Å². The molecule has 0 unspecified atom stereocenters. The van der Waals surface area contributed by atoms with E-state index in [-0.39, 0.29) is 5.92 Å². The predicted octanol–water partition coefficient (Wildman–Crippen LogP) is 0.924. The quantitative estimate of drug-likeness (QED) is 0.481. The highest BCUT2D eigenvalue weighted by Gasteiger charge is 2.28. The van der Waals surface area contributed by atoms with Crippen LogP contribution in [0, 0.1) is 0 Å². The van der Waals surface area contributed by atoms with E-state index in [4.69, 9.17) is 10.7 Å². The molecule has 3 aromatic heterocycles. The first-order valence-corrected chi connectivity index (χ1v) is 12.1. The van der Waals surface area contributed by atoms with Crippen molar-refractivity contribution in [3.63, 3.8) is 0 Å².